The molecule has 3 aliphatic rings. The van der Waals surface area contributed by atoms with Crippen molar-refractivity contribution in [2.45, 2.75) is 57.5 Å². The van der Waals surface area contributed by atoms with E-state index in [2.05, 4.69) is 20.3 Å². The Labute approximate surface area is 189 Å². The van der Waals surface area contributed by atoms with Crippen LogP contribution in [0.15, 0.2) is 24.4 Å². The molecule has 170 valence electrons. The van der Waals surface area contributed by atoms with Gasteiger partial charge in [0.1, 0.15) is 5.82 Å². The molecule has 2 fully saturated rings. The molecule has 0 spiro atoms. The highest BCUT2D eigenvalue weighted by molar-refractivity contribution is 5.94. The number of carbonyl (C=O) groups excluding carboxylic acids is 2. The molecule has 1 unspecified atom stereocenters. The molecule has 2 amide bonds. The molecule has 1 aliphatic carbocycles. The lowest BCUT2D eigenvalue weighted by Crippen LogP contribution is -2.46. The lowest BCUT2D eigenvalue weighted by atomic mass is 9.94. The molecule has 1 atom stereocenters. The van der Waals surface area contributed by atoms with Gasteiger partial charge < -0.3 is 15.1 Å². The van der Waals surface area contributed by atoms with Gasteiger partial charge in [-0.3, -0.25) is 14.3 Å². The van der Waals surface area contributed by atoms with Crippen LogP contribution in [0.1, 0.15) is 60.3 Å². The van der Waals surface area contributed by atoms with Crippen molar-refractivity contribution in [1.82, 2.24) is 25.0 Å². The highest BCUT2D eigenvalue weighted by atomic mass is 16.2. The molecule has 0 radical (unpaired) electrons. The van der Waals surface area contributed by atoms with E-state index in [0.717, 1.165) is 55.7 Å². The normalized spacial score (nSPS) is 21.5. The van der Waals surface area contributed by atoms with Crippen LogP contribution in [-0.2, 0) is 24.8 Å². The third-order valence-corrected chi connectivity index (χ3v) is 7.20. The summed E-state index contributed by atoms with van der Waals surface area (Å²) in [6, 6.07) is 6.16. The third kappa shape index (κ3) is 4.10. The SMILES string of the molecule is Cn1nc(C(=O)NC2CCCC2)c2c1CCN(C(=O)C1CCCN(c3ccccn3)C1)C2. The average molecular weight is 437 g/mol. The number of fused-ring (bicyclic) bond motifs is 1. The van der Waals surface area contributed by atoms with Crippen molar-refractivity contribution >= 4 is 17.6 Å². The Morgan fingerprint density at radius 3 is 2.72 bits per heavy atom. The van der Waals surface area contributed by atoms with Crippen molar-refractivity contribution in [3.8, 4) is 0 Å². The van der Waals surface area contributed by atoms with Crippen molar-refractivity contribution in [2.24, 2.45) is 13.0 Å². The molecular weight excluding hydrogens is 404 g/mol. The number of aromatic nitrogens is 3. The number of amides is 2. The number of hydrogen-bond acceptors (Lipinski definition) is 5. The number of nitrogens with one attached hydrogen (secondary N) is 1. The summed E-state index contributed by atoms with van der Waals surface area (Å²) in [5, 5.41) is 7.70. The Bertz CT molecular complexity index is 982. The minimum atomic E-state index is -0.0953. The van der Waals surface area contributed by atoms with Crippen LogP contribution in [-0.4, -0.2) is 57.2 Å². The van der Waals surface area contributed by atoms with Gasteiger partial charge in [0.15, 0.2) is 5.69 Å². The molecule has 2 aromatic heterocycles. The van der Waals surface area contributed by atoms with E-state index in [-0.39, 0.29) is 23.8 Å². The van der Waals surface area contributed by atoms with Gasteiger partial charge in [-0.1, -0.05) is 18.9 Å². The molecule has 1 saturated heterocycles. The van der Waals surface area contributed by atoms with E-state index in [1.807, 2.05) is 34.8 Å². The number of carbonyl (C=O) groups is 2. The summed E-state index contributed by atoms with van der Waals surface area (Å²) in [6.07, 6.45) is 8.83. The maximum Gasteiger partial charge on any atom is 0.272 e. The van der Waals surface area contributed by atoms with Gasteiger partial charge in [0.2, 0.25) is 5.91 Å². The molecule has 32 heavy (non-hydrogen) atoms. The Morgan fingerprint density at radius 2 is 1.94 bits per heavy atom. The number of hydrogen-bond donors (Lipinski definition) is 1. The van der Waals surface area contributed by atoms with E-state index in [9.17, 15) is 9.59 Å². The maximum absolute atomic E-state index is 13.5. The summed E-state index contributed by atoms with van der Waals surface area (Å²) in [4.78, 5) is 35.0. The van der Waals surface area contributed by atoms with Gasteiger partial charge >= 0.3 is 0 Å². The Hall–Kier alpha value is -2.90. The predicted octanol–water partition coefficient (Wildman–Crippen LogP) is 2.29. The fraction of sp³-hybridized carbons (Fsp3) is 0.583. The van der Waals surface area contributed by atoms with Crippen LogP contribution in [0, 0.1) is 5.92 Å². The summed E-state index contributed by atoms with van der Waals surface area (Å²) in [7, 11) is 1.90. The first-order valence-corrected chi connectivity index (χ1v) is 11.9. The fourth-order valence-electron chi connectivity index (χ4n) is 5.47. The zero-order valence-corrected chi connectivity index (χ0v) is 18.8. The molecule has 5 rings (SSSR count). The van der Waals surface area contributed by atoms with Crippen molar-refractivity contribution < 1.29 is 9.59 Å². The van der Waals surface area contributed by atoms with Crippen LogP contribution in [0.25, 0.3) is 0 Å². The van der Waals surface area contributed by atoms with Gasteiger partial charge in [-0.15, -0.1) is 0 Å². The quantitative estimate of drug-likeness (QED) is 0.795. The smallest absolute Gasteiger partial charge is 0.272 e. The van der Waals surface area contributed by atoms with E-state index in [0.29, 0.717) is 25.3 Å². The molecule has 1 saturated carbocycles. The van der Waals surface area contributed by atoms with E-state index in [1.54, 1.807) is 6.20 Å². The highest BCUT2D eigenvalue weighted by Gasteiger charge is 2.34. The van der Waals surface area contributed by atoms with Crippen molar-refractivity contribution in [3.63, 3.8) is 0 Å². The Balaban J connectivity index is 1.29. The third-order valence-electron chi connectivity index (χ3n) is 7.20. The van der Waals surface area contributed by atoms with Crippen LogP contribution in [0.5, 0.6) is 0 Å². The topological polar surface area (TPSA) is 83.4 Å². The second kappa shape index (κ2) is 8.92. The van der Waals surface area contributed by atoms with Gasteiger partial charge in [-0.2, -0.15) is 5.10 Å². The number of nitrogens with zero attached hydrogens (tertiary/aromatic N) is 5. The average Bonchev–Trinajstić information content (AvgIpc) is 3.46. The van der Waals surface area contributed by atoms with Gasteiger partial charge in [0, 0.05) is 63.1 Å². The van der Waals surface area contributed by atoms with Crippen LogP contribution in [0.4, 0.5) is 5.82 Å². The first-order chi connectivity index (χ1) is 15.6. The Morgan fingerprint density at radius 1 is 1.09 bits per heavy atom. The Kier molecular flexibility index (Phi) is 5.85. The summed E-state index contributed by atoms with van der Waals surface area (Å²) < 4.78 is 1.82. The first kappa shape index (κ1) is 21.0. The molecule has 2 aliphatic heterocycles. The minimum Gasteiger partial charge on any atom is -0.356 e. The van der Waals surface area contributed by atoms with Gasteiger partial charge in [-0.25, -0.2) is 4.98 Å². The van der Waals surface area contributed by atoms with Crippen LogP contribution in [0.2, 0.25) is 0 Å². The lowest BCUT2D eigenvalue weighted by Gasteiger charge is -2.36. The van der Waals surface area contributed by atoms with E-state index < -0.39 is 0 Å². The summed E-state index contributed by atoms with van der Waals surface area (Å²) >= 11 is 0. The molecule has 0 aromatic carbocycles. The zero-order chi connectivity index (χ0) is 22.1. The molecule has 2 aromatic rings. The monoisotopic (exact) mass is 436 g/mol. The summed E-state index contributed by atoms with van der Waals surface area (Å²) in [5.74, 6) is 0.980. The van der Waals surface area contributed by atoms with E-state index >= 15 is 0 Å². The standard InChI is InChI=1S/C24H32N6O2/c1-28-20-11-14-30(16-19(20)22(27-28)23(31)26-18-8-2-3-9-18)24(32)17-7-6-13-29(15-17)21-10-4-5-12-25-21/h4-5,10,12,17-18H,2-3,6-9,11,13-16H2,1H3,(H,26,31). The number of aryl methyl sites for hydroxylation is 1. The molecule has 8 heteroatoms. The van der Waals surface area contributed by atoms with Crippen molar-refractivity contribution in [1.29, 1.82) is 0 Å². The van der Waals surface area contributed by atoms with Gasteiger partial charge in [0.25, 0.3) is 5.91 Å². The molecule has 8 nitrogen and oxygen atoms in total. The van der Waals surface area contributed by atoms with E-state index in [4.69, 9.17) is 0 Å². The zero-order valence-electron chi connectivity index (χ0n) is 18.8. The first-order valence-electron chi connectivity index (χ1n) is 11.9. The second-order valence-electron chi connectivity index (χ2n) is 9.34. The largest absolute Gasteiger partial charge is 0.356 e. The summed E-state index contributed by atoms with van der Waals surface area (Å²) in [6.45, 7) is 2.77. The van der Waals surface area contributed by atoms with Gasteiger partial charge in [-0.05, 0) is 37.8 Å². The number of anilines is 1. The van der Waals surface area contributed by atoms with Crippen LogP contribution in [0.3, 0.4) is 0 Å². The number of piperidine rings is 1. The number of rotatable bonds is 4. The van der Waals surface area contributed by atoms with Crippen molar-refractivity contribution in [2.75, 3.05) is 24.5 Å². The fourth-order valence-corrected chi connectivity index (χ4v) is 5.47. The number of pyridine rings is 1. The summed E-state index contributed by atoms with van der Waals surface area (Å²) in [5.41, 5.74) is 2.48. The molecular formula is C24H32N6O2. The lowest BCUT2D eigenvalue weighted by molar-refractivity contribution is -0.136. The maximum atomic E-state index is 13.5. The highest BCUT2D eigenvalue weighted by Crippen LogP contribution is 2.28. The second-order valence-corrected chi connectivity index (χ2v) is 9.34. The van der Waals surface area contributed by atoms with Crippen LogP contribution >= 0.6 is 0 Å². The molecule has 4 heterocycles. The molecule has 0 bridgehead atoms. The minimum absolute atomic E-state index is 0.0419. The van der Waals surface area contributed by atoms with Crippen molar-refractivity contribution in [3.05, 3.63) is 41.3 Å². The van der Waals surface area contributed by atoms with Gasteiger partial charge in [0.05, 0.1) is 5.92 Å². The predicted molar refractivity (Wildman–Crippen MR) is 121 cm³/mol. The van der Waals surface area contributed by atoms with E-state index in [1.165, 1.54) is 12.8 Å². The van der Waals surface area contributed by atoms with Crippen LogP contribution < -0.4 is 10.2 Å². The molecule has 1 N–H and O–H groups in total.